The predicted octanol–water partition coefficient (Wildman–Crippen LogP) is 8.25. The van der Waals surface area contributed by atoms with Crippen molar-refractivity contribution in [2.75, 3.05) is 0 Å². The quantitative estimate of drug-likeness (QED) is 0.265. The highest BCUT2D eigenvalue weighted by atomic mass is 14.7. The van der Waals surface area contributed by atoms with Crippen LogP contribution in [-0.2, 0) is 5.41 Å². The molecule has 35 heavy (non-hydrogen) atoms. The van der Waals surface area contributed by atoms with E-state index in [1.54, 1.807) is 0 Å². The zero-order valence-electron chi connectivity index (χ0n) is 19.6. The Bertz CT molecular complexity index is 1720. The second-order valence-corrected chi connectivity index (χ2v) is 9.75. The average molecular weight is 448 g/mol. The molecule has 166 valence electrons. The first kappa shape index (κ1) is 20.2. The number of aromatic nitrogens is 1. The van der Waals surface area contributed by atoms with Gasteiger partial charge in [-0.15, -0.1) is 0 Å². The molecule has 0 radical (unpaired) electrons. The summed E-state index contributed by atoms with van der Waals surface area (Å²) in [5, 5.41) is 3.73. The summed E-state index contributed by atoms with van der Waals surface area (Å²) in [5.74, 6) is 0.215. The van der Waals surface area contributed by atoms with Gasteiger partial charge in [0.05, 0.1) is 11.2 Å². The van der Waals surface area contributed by atoms with Crippen LogP contribution in [0.25, 0.3) is 27.2 Å². The van der Waals surface area contributed by atoms with E-state index < -0.39 is 0 Å². The Balaban J connectivity index is 1.52. The Hall–Kier alpha value is -4.23. The Kier molecular flexibility index (Phi) is 4.41. The minimum Gasteiger partial charge on any atom is -0.248 e. The van der Waals surface area contributed by atoms with Crippen LogP contribution >= 0.6 is 0 Å². The van der Waals surface area contributed by atoms with Crippen molar-refractivity contribution in [3.63, 3.8) is 0 Å². The molecule has 5 aromatic rings. The van der Waals surface area contributed by atoms with Gasteiger partial charge in [0.1, 0.15) is 0 Å². The molecule has 0 spiro atoms. The molecule has 7 rings (SSSR count). The van der Waals surface area contributed by atoms with Crippen LogP contribution in [-0.4, -0.2) is 4.98 Å². The number of hydrogen-bond donors (Lipinski definition) is 0. The maximum atomic E-state index is 5.13. The first-order valence-electron chi connectivity index (χ1n) is 12.3. The highest BCUT2D eigenvalue weighted by Gasteiger charge is 2.44. The average Bonchev–Trinajstić information content (AvgIpc) is 2.93. The van der Waals surface area contributed by atoms with Gasteiger partial charge in [-0.3, -0.25) is 0 Å². The molecule has 1 heteroatoms. The van der Waals surface area contributed by atoms with Crippen molar-refractivity contribution in [2.24, 2.45) is 5.92 Å². The molecule has 0 fully saturated rings. The van der Waals surface area contributed by atoms with Gasteiger partial charge in [-0.2, -0.15) is 0 Å². The molecule has 1 aromatic heterocycles. The number of hydrogen-bond acceptors (Lipinski definition) is 1. The van der Waals surface area contributed by atoms with Crippen LogP contribution in [0, 0.1) is 5.92 Å². The SMILES string of the molecule is CC1(c2ccc3ccccc3c2)c2ccccc2C(c2ccc3ccccc3n2)=C2C=CC=CC21. The third-order valence-electron chi connectivity index (χ3n) is 7.90. The van der Waals surface area contributed by atoms with Gasteiger partial charge in [0.15, 0.2) is 0 Å². The zero-order valence-corrected chi connectivity index (χ0v) is 19.6. The number of rotatable bonds is 2. The second-order valence-electron chi connectivity index (χ2n) is 9.75. The number of para-hydroxylation sites is 1. The first-order chi connectivity index (χ1) is 17.2. The molecule has 0 bridgehead atoms. The van der Waals surface area contributed by atoms with E-state index in [9.17, 15) is 0 Å². The zero-order chi connectivity index (χ0) is 23.4. The van der Waals surface area contributed by atoms with E-state index in [1.807, 2.05) is 0 Å². The topological polar surface area (TPSA) is 12.9 Å². The van der Waals surface area contributed by atoms with Crippen molar-refractivity contribution in [3.8, 4) is 0 Å². The molecule has 0 amide bonds. The lowest BCUT2D eigenvalue weighted by atomic mass is 9.58. The molecule has 2 aliphatic carbocycles. The van der Waals surface area contributed by atoms with Gasteiger partial charge in [0.2, 0.25) is 0 Å². The first-order valence-corrected chi connectivity index (χ1v) is 12.3. The summed E-state index contributed by atoms with van der Waals surface area (Å²) in [4.78, 5) is 5.13. The molecule has 4 aromatic carbocycles. The van der Waals surface area contributed by atoms with Gasteiger partial charge >= 0.3 is 0 Å². The van der Waals surface area contributed by atoms with E-state index in [-0.39, 0.29) is 11.3 Å². The molecule has 1 heterocycles. The van der Waals surface area contributed by atoms with Crippen molar-refractivity contribution >= 4 is 27.2 Å². The third-order valence-corrected chi connectivity index (χ3v) is 7.90. The summed E-state index contributed by atoms with van der Waals surface area (Å²) < 4.78 is 0. The second kappa shape index (κ2) is 7.65. The molecule has 2 unspecified atom stereocenters. The van der Waals surface area contributed by atoms with E-state index in [2.05, 4.69) is 134 Å². The van der Waals surface area contributed by atoms with Crippen molar-refractivity contribution < 1.29 is 0 Å². The minimum absolute atomic E-state index is 0.197. The summed E-state index contributed by atoms with van der Waals surface area (Å²) >= 11 is 0. The van der Waals surface area contributed by atoms with Crippen LogP contribution in [0.3, 0.4) is 0 Å². The van der Waals surface area contributed by atoms with Crippen LogP contribution in [0.1, 0.15) is 29.3 Å². The maximum Gasteiger partial charge on any atom is 0.0718 e. The molecule has 1 nitrogen and oxygen atoms in total. The fraction of sp³-hybridized carbons (Fsp3) is 0.0882. The summed E-state index contributed by atoms with van der Waals surface area (Å²) in [5.41, 5.74) is 8.43. The van der Waals surface area contributed by atoms with Crippen molar-refractivity contribution in [1.82, 2.24) is 4.98 Å². The smallest absolute Gasteiger partial charge is 0.0718 e. The maximum absolute atomic E-state index is 5.13. The van der Waals surface area contributed by atoms with Crippen LogP contribution in [0.5, 0.6) is 0 Å². The number of benzene rings is 4. The van der Waals surface area contributed by atoms with Crippen molar-refractivity contribution in [2.45, 2.75) is 12.3 Å². The van der Waals surface area contributed by atoms with Gasteiger partial charge < -0.3 is 0 Å². The van der Waals surface area contributed by atoms with E-state index >= 15 is 0 Å². The Morgan fingerprint density at radius 3 is 2.34 bits per heavy atom. The molecule has 0 saturated carbocycles. The minimum atomic E-state index is -0.197. The van der Waals surface area contributed by atoms with Crippen LogP contribution in [0.4, 0.5) is 0 Å². The molecular weight excluding hydrogens is 422 g/mol. The molecule has 0 saturated heterocycles. The monoisotopic (exact) mass is 447 g/mol. The number of fused-ring (bicyclic) bond motifs is 4. The van der Waals surface area contributed by atoms with E-state index in [1.165, 1.54) is 44.0 Å². The van der Waals surface area contributed by atoms with Gasteiger partial charge in [-0.1, -0.05) is 122 Å². The van der Waals surface area contributed by atoms with Crippen LogP contribution < -0.4 is 0 Å². The fourth-order valence-corrected chi connectivity index (χ4v) is 6.10. The number of nitrogens with zero attached hydrogens (tertiary/aromatic N) is 1. The largest absolute Gasteiger partial charge is 0.248 e. The summed E-state index contributed by atoms with van der Waals surface area (Å²) in [6.45, 7) is 2.41. The summed E-state index contributed by atoms with van der Waals surface area (Å²) in [6.07, 6.45) is 9.04. The van der Waals surface area contributed by atoms with E-state index in [4.69, 9.17) is 4.98 Å². The summed E-state index contributed by atoms with van der Waals surface area (Å²) in [7, 11) is 0. The Labute approximate surface area is 205 Å². The Morgan fingerprint density at radius 2 is 1.43 bits per heavy atom. The van der Waals surface area contributed by atoms with Gasteiger partial charge in [-0.25, -0.2) is 4.98 Å². The number of pyridine rings is 1. The lowest BCUT2D eigenvalue weighted by Gasteiger charge is -2.45. The third kappa shape index (κ3) is 2.98. The molecular formula is C34H25N. The number of allylic oxidation sites excluding steroid dienone is 5. The molecule has 0 N–H and O–H groups in total. The standard InChI is InChI=1S/C34H25N/c1-34(26-20-18-23-10-2-3-12-25(23)22-26)29-15-7-5-13-27(29)33(28-14-6-8-16-30(28)34)32-21-19-24-11-4-9-17-31(24)35-32/h2-22,29H,1H3. The van der Waals surface area contributed by atoms with E-state index in [0.717, 1.165) is 11.2 Å². The van der Waals surface area contributed by atoms with Crippen LogP contribution in [0.15, 0.2) is 133 Å². The molecule has 2 aliphatic rings. The lowest BCUT2D eigenvalue weighted by molar-refractivity contribution is 0.463. The highest BCUT2D eigenvalue weighted by Crippen LogP contribution is 2.53. The van der Waals surface area contributed by atoms with Crippen molar-refractivity contribution in [1.29, 1.82) is 0 Å². The highest BCUT2D eigenvalue weighted by molar-refractivity contribution is 5.91. The van der Waals surface area contributed by atoms with Gasteiger partial charge in [0.25, 0.3) is 0 Å². The van der Waals surface area contributed by atoms with E-state index in [0.29, 0.717) is 0 Å². The normalized spacial score (nSPS) is 20.8. The summed E-state index contributed by atoms with van der Waals surface area (Å²) in [6, 6.07) is 37.3. The molecule has 2 atom stereocenters. The Morgan fingerprint density at radius 1 is 0.686 bits per heavy atom. The van der Waals surface area contributed by atoms with Gasteiger partial charge in [-0.05, 0) is 45.2 Å². The van der Waals surface area contributed by atoms with Gasteiger partial charge in [0, 0.05) is 22.3 Å². The molecule has 0 aliphatic heterocycles. The van der Waals surface area contributed by atoms with Crippen molar-refractivity contribution in [3.05, 3.63) is 155 Å². The lowest BCUT2D eigenvalue weighted by Crippen LogP contribution is -2.38. The fourth-order valence-electron chi connectivity index (χ4n) is 6.10. The predicted molar refractivity (Wildman–Crippen MR) is 146 cm³/mol. The van der Waals surface area contributed by atoms with Crippen LogP contribution in [0.2, 0.25) is 0 Å².